The van der Waals surface area contributed by atoms with Crippen molar-refractivity contribution in [3.8, 4) is 16.9 Å². The van der Waals surface area contributed by atoms with Crippen molar-refractivity contribution < 1.29 is 18.7 Å². The van der Waals surface area contributed by atoms with Crippen LogP contribution < -0.4 is 4.90 Å². The fourth-order valence-electron chi connectivity index (χ4n) is 4.36. The van der Waals surface area contributed by atoms with Crippen LogP contribution in [0.15, 0.2) is 43.2 Å². The number of piperazine rings is 1. The van der Waals surface area contributed by atoms with Gasteiger partial charge in [0.15, 0.2) is 5.82 Å². The minimum atomic E-state index is -0.850. The second-order valence-corrected chi connectivity index (χ2v) is 8.23. The average Bonchev–Trinajstić information content (AvgIpc) is 2.75. The van der Waals surface area contributed by atoms with Gasteiger partial charge in [0.05, 0.1) is 10.6 Å². The van der Waals surface area contributed by atoms with Crippen LogP contribution in [0.2, 0.25) is 5.02 Å². The van der Waals surface area contributed by atoms with Crippen LogP contribution >= 0.6 is 11.6 Å². The largest absolute Gasteiger partial charge is 0.507 e. The molecular weight excluding hydrogens is 438 g/mol. The van der Waals surface area contributed by atoms with Gasteiger partial charge in [0.25, 0.3) is 0 Å². The Kier molecular flexibility index (Phi) is 5.73. The average molecular weight is 459 g/mol. The van der Waals surface area contributed by atoms with Crippen molar-refractivity contribution in [2.75, 3.05) is 18.0 Å². The summed E-state index contributed by atoms with van der Waals surface area (Å²) in [5.41, 5.74) is -0.627. The van der Waals surface area contributed by atoms with Gasteiger partial charge >= 0.3 is 0 Å². The predicted molar refractivity (Wildman–Crippen MR) is 120 cm³/mol. The van der Waals surface area contributed by atoms with Crippen LogP contribution in [-0.4, -0.2) is 51.1 Å². The molecule has 1 amide bonds. The zero-order valence-corrected chi connectivity index (χ0v) is 18.3. The van der Waals surface area contributed by atoms with Gasteiger partial charge in [-0.3, -0.25) is 4.79 Å². The number of hydrogen-bond acceptors (Lipinski definition) is 5. The van der Waals surface area contributed by atoms with Crippen LogP contribution in [0.1, 0.15) is 13.8 Å². The molecule has 1 aromatic heterocycles. The van der Waals surface area contributed by atoms with Crippen LogP contribution in [0.3, 0.4) is 0 Å². The molecule has 6 nitrogen and oxygen atoms in total. The SMILES string of the molecule is C=CC(=O)N1C[C@@H](C)N(c2ncnc3c(F)c(-c4c(O)cccc4F)c(Cl)cc23)[C@@H](C)C1. The first-order valence-corrected chi connectivity index (χ1v) is 10.4. The summed E-state index contributed by atoms with van der Waals surface area (Å²) < 4.78 is 30.0. The number of anilines is 1. The van der Waals surface area contributed by atoms with E-state index >= 15 is 4.39 Å². The molecule has 0 aliphatic carbocycles. The van der Waals surface area contributed by atoms with Gasteiger partial charge in [-0.2, -0.15) is 0 Å². The highest BCUT2D eigenvalue weighted by Crippen LogP contribution is 2.42. The number of phenols is 1. The van der Waals surface area contributed by atoms with Gasteiger partial charge in [-0.15, -0.1) is 0 Å². The molecule has 0 radical (unpaired) electrons. The Balaban J connectivity index is 1.86. The van der Waals surface area contributed by atoms with Crippen molar-refractivity contribution in [3.63, 3.8) is 0 Å². The van der Waals surface area contributed by atoms with Crippen molar-refractivity contribution >= 4 is 34.2 Å². The van der Waals surface area contributed by atoms with Gasteiger partial charge in [0.1, 0.15) is 29.2 Å². The minimum Gasteiger partial charge on any atom is -0.507 e. The summed E-state index contributed by atoms with van der Waals surface area (Å²) in [6.45, 7) is 8.31. The Bertz CT molecular complexity index is 1200. The first kappa shape index (κ1) is 22.0. The number of fused-ring (bicyclic) bond motifs is 1. The number of aromatic nitrogens is 2. The van der Waals surface area contributed by atoms with Crippen molar-refractivity contribution in [3.05, 3.63) is 59.9 Å². The zero-order valence-electron chi connectivity index (χ0n) is 17.5. The van der Waals surface area contributed by atoms with Crippen LogP contribution in [-0.2, 0) is 4.79 Å². The normalized spacial score (nSPS) is 18.8. The number of benzene rings is 2. The second-order valence-electron chi connectivity index (χ2n) is 7.83. The summed E-state index contributed by atoms with van der Waals surface area (Å²) in [4.78, 5) is 24.2. The van der Waals surface area contributed by atoms with Gasteiger partial charge in [-0.25, -0.2) is 18.7 Å². The number of nitrogens with zero attached hydrogens (tertiary/aromatic N) is 4. The van der Waals surface area contributed by atoms with Gasteiger partial charge in [-0.1, -0.05) is 24.2 Å². The highest BCUT2D eigenvalue weighted by atomic mass is 35.5. The third kappa shape index (κ3) is 3.54. The molecule has 1 N–H and O–H groups in total. The van der Waals surface area contributed by atoms with Crippen molar-refractivity contribution in [2.24, 2.45) is 0 Å². The fraction of sp³-hybridized carbons (Fsp3) is 0.261. The summed E-state index contributed by atoms with van der Waals surface area (Å²) in [5, 5.41) is 10.4. The van der Waals surface area contributed by atoms with E-state index in [1.807, 2.05) is 18.7 Å². The Labute approximate surface area is 188 Å². The first-order chi connectivity index (χ1) is 15.2. The van der Waals surface area contributed by atoms with E-state index in [1.54, 1.807) is 4.90 Å². The Morgan fingerprint density at radius 3 is 2.53 bits per heavy atom. The smallest absolute Gasteiger partial charge is 0.246 e. The highest BCUT2D eigenvalue weighted by molar-refractivity contribution is 6.34. The van der Waals surface area contributed by atoms with E-state index in [0.29, 0.717) is 24.3 Å². The maximum absolute atomic E-state index is 15.6. The summed E-state index contributed by atoms with van der Waals surface area (Å²) in [6.07, 6.45) is 2.52. The summed E-state index contributed by atoms with van der Waals surface area (Å²) >= 11 is 6.40. The maximum Gasteiger partial charge on any atom is 0.246 e. The first-order valence-electron chi connectivity index (χ1n) is 10.0. The van der Waals surface area contributed by atoms with Crippen molar-refractivity contribution in [2.45, 2.75) is 25.9 Å². The Morgan fingerprint density at radius 1 is 1.22 bits per heavy atom. The second kappa shape index (κ2) is 8.35. The van der Waals surface area contributed by atoms with E-state index < -0.39 is 17.4 Å². The Hall–Kier alpha value is -3.26. The molecule has 2 aromatic carbocycles. The number of amides is 1. The van der Waals surface area contributed by atoms with Gasteiger partial charge in [0, 0.05) is 36.1 Å². The van der Waals surface area contributed by atoms with Gasteiger partial charge in [-0.05, 0) is 38.1 Å². The molecule has 1 saturated heterocycles. The van der Waals surface area contributed by atoms with Crippen LogP contribution in [0.25, 0.3) is 22.0 Å². The molecule has 1 fully saturated rings. The predicted octanol–water partition coefficient (Wildman–Crippen LogP) is 4.55. The lowest BCUT2D eigenvalue weighted by molar-refractivity contribution is -0.127. The number of aromatic hydroxyl groups is 1. The molecule has 4 rings (SSSR count). The summed E-state index contributed by atoms with van der Waals surface area (Å²) in [5.74, 6) is -1.77. The summed E-state index contributed by atoms with van der Waals surface area (Å²) in [7, 11) is 0. The van der Waals surface area contributed by atoms with Crippen LogP contribution in [0.4, 0.5) is 14.6 Å². The number of carbonyl (C=O) groups is 1. The topological polar surface area (TPSA) is 69.6 Å². The van der Waals surface area contributed by atoms with Gasteiger partial charge < -0.3 is 14.9 Å². The molecular formula is C23H21ClF2N4O2. The Morgan fingerprint density at radius 2 is 1.91 bits per heavy atom. The molecule has 2 atom stereocenters. The molecule has 0 saturated carbocycles. The molecule has 0 bridgehead atoms. The van der Waals surface area contributed by atoms with Crippen LogP contribution in [0, 0.1) is 11.6 Å². The number of halogens is 3. The minimum absolute atomic E-state index is 0.0407. The van der Waals surface area contributed by atoms with E-state index in [2.05, 4.69) is 16.5 Å². The standard InChI is InChI=1S/C23H21ClF2N4O2/c1-4-18(32)29-9-12(2)30(13(3)10-29)23-14-8-15(24)19(21(26)22(14)27-11-28-23)20-16(25)6-5-7-17(20)31/h4-8,11-13,31H,1,9-10H2,2-3H3/t12-,13+. The number of carbonyl (C=O) groups excluding carboxylic acids is 1. The van der Waals surface area contributed by atoms with E-state index in [9.17, 15) is 14.3 Å². The quantitative estimate of drug-likeness (QED) is 0.583. The monoisotopic (exact) mass is 458 g/mol. The van der Waals surface area contributed by atoms with Crippen molar-refractivity contribution in [1.29, 1.82) is 0 Å². The summed E-state index contributed by atoms with van der Waals surface area (Å²) in [6, 6.07) is 4.93. The molecule has 0 spiro atoms. The van der Waals surface area contributed by atoms with E-state index in [0.717, 1.165) is 6.07 Å². The van der Waals surface area contributed by atoms with Crippen molar-refractivity contribution in [1.82, 2.24) is 14.9 Å². The van der Waals surface area contributed by atoms with E-state index in [1.165, 1.54) is 30.6 Å². The molecule has 166 valence electrons. The number of rotatable bonds is 3. The number of phenolic OH excluding ortho intramolecular Hbond substituents is 1. The fourth-order valence-corrected chi connectivity index (χ4v) is 4.65. The zero-order chi connectivity index (χ0) is 23.2. The van der Waals surface area contributed by atoms with Gasteiger partial charge in [0.2, 0.25) is 5.91 Å². The highest BCUT2D eigenvalue weighted by Gasteiger charge is 2.33. The number of hydrogen-bond donors (Lipinski definition) is 1. The maximum atomic E-state index is 15.6. The lowest BCUT2D eigenvalue weighted by atomic mass is 10.00. The third-order valence-corrected chi connectivity index (χ3v) is 5.99. The lowest BCUT2D eigenvalue weighted by Gasteiger charge is -2.45. The molecule has 0 unspecified atom stereocenters. The third-order valence-electron chi connectivity index (χ3n) is 5.69. The molecule has 3 aromatic rings. The molecule has 9 heteroatoms. The van der Waals surface area contributed by atoms with E-state index in [-0.39, 0.29) is 39.7 Å². The molecule has 32 heavy (non-hydrogen) atoms. The molecule has 2 heterocycles. The molecule has 1 aliphatic rings. The lowest BCUT2D eigenvalue weighted by Crippen LogP contribution is -2.58. The molecule has 1 aliphatic heterocycles. The van der Waals surface area contributed by atoms with Crippen LogP contribution in [0.5, 0.6) is 5.75 Å². The van der Waals surface area contributed by atoms with E-state index in [4.69, 9.17) is 11.6 Å².